The molecule has 0 aliphatic rings. The summed E-state index contributed by atoms with van der Waals surface area (Å²) < 4.78 is 0. The topological polar surface area (TPSA) is 255 Å². The molecule has 0 fully saturated rings. The lowest BCUT2D eigenvalue weighted by molar-refractivity contribution is -0.104. The molecule has 40 heavy (non-hydrogen) atoms. The zero-order chi connectivity index (χ0) is 29.5. The van der Waals surface area contributed by atoms with Gasteiger partial charge in [0.15, 0.2) is 46.0 Å². The minimum absolute atomic E-state index is 0.539. The van der Waals surface area contributed by atoms with Gasteiger partial charge in [-0.15, -0.1) is 0 Å². The molecule has 10 N–H and O–H groups in total. The second kappa shape index (κ2) is 9.94. The van der Waals surface area contributed by atoms with Crippen molar-refractivity contribution in [1.29, 1.82) is 0 Å². The molecule has 0 spiro atoms. The van der Waals surface area contributed by atoms with E-state index in [1.54, 1.807) is 0 Å². The van der Waals surface area contributed by atoms with Crippen molar-refractivity contribution in [3.8, 4) is 69.0 Å². The number of carbonyl (C=O) groups is 2. The number of para-hydroxylation sites is 1. The van der Waals surface area contributed by atoms with Crippen LogP contribution in [0.3, 0.4) is 0 Å². The zero-order valence-electron chi connectivity index (χ0n) is 19.7. The number of rotatable bonds is 7. The van der Waals surface area contributed by atoms with Gasteiger partial charge in [-0.2, -0.15) is 0 Å². The molecule has 4 aromatic rings. The molecule has 0 heterocycles. The molecular weight excluding hydrogens is 536 g/mol. The highest BCUT2D eigenvalue weighted by molar-refractivity contribution is 6.16. The minimum Gasteiger partial charge on any atom is -0.507 e. The molecule has 0 aliphatic heterocycles. The molecule has 14 nitrogen and oxygen atoms in total. The fraction of sp³-hybridized carbons (Fsp3) is 0. The third kappa shape index (κ3) is 4.41. The van der Waals surface area contributed by atoms with Gasteiger partial charge in [-0.3, -0.25) is 19.4 Å². The van der Waals surface area contributed by atoms with Crippen molar-refractivity contribution in [2.45, 2.75) is 0 Å². The Morgan fingerprint density at radius 2 is 1.02 bits per heavy atom. The van der Waals surface area contributed by atoms with Crippen molar-refractivity contribution in [2.24, 2.45) is 0 Å². The molecule has 0 aromatic heterocycles. The molecule has 0 saturated heterocycles. The molecule has 4 rings (SSSR count). The zero-order valence-corrected chi connectivity index (χ0v) is 19.7. The van der Waals surface area contributed by atoms with Gasteiger partial charge >= 0.3 is 0 Å². The van der Waals surface area contributed by atoms with Gasteiger partial charge in [0.2, 0.25) is 23.1 Å². The summed E-state index contributed by atoms with van der Waals surface area (Å²) in [4.78, 5) is 35.9. The quantitative estimate of drug-likeness (QED) is 0.0518. The number of carbonyl (C=O) groups excluding carboxylic acids is 2. The Morgan fingerprint density at radius 1 is 0.475 bits per heavy atom. The summed E-state index contributed by atoms with van der Waals surface area (Å²) in [7, 11) is 0. The summed E-state index contributed by atoms with van der Waals surface area (Å²) >= 11 is 0. The highest BCUT2D eigenvalue weighted by atomic mass is 17.2. The lowest BCUT2D eigenvalue weighted by atomic mass is 9.99. The van der Waals surface area contributed by atoms with E-state index < -0.39 is 103 Å². The van der Waals surface area contributed by atoms with Gasteiger partial charge in [0.25, 0.3) is 0 Å². The first-order chi connectivity index (χ1) is 18.8. The molecule has 0 atom stereocenters. The fourth-order valence-electron chi connectivity index (χ4n) is 3.65. The molecule has 0 unspecified atom stereocenters. The first-order valence-corrected chi connectivity index (χ1v) is 10.9. The number of hydrogen-bond acceptors (Lipinski definition) is 14. The van der Waals surface area contributed by atoms with Crippen LogP contribution in [0.15, 0.2) is 48.5 Å². The second-order valence-electron chi connectivity index (χ2n) is 8.10. The standard InChI is InChI=1S/C26H18O14/c27-10-4-2-5-11(28)17(10)25(38)18-22(35)14(31)8-16(24(18)37)39-40-26-15(32)7-13(30)23(36)19(26)21(34)9-3-1-6-12(29)20(9)33/h1-8,27-33,35-37H. The summed E-state index contributed by atoms with van der Waals surface area (Å²) in [5, 5.41) is 101. The summed E-state index contributed by atoms with van der Waals surface area (Å²) in [6, 6.07) is 7.56. The Hall–Kier alpha value is -6.18. The van der Waals surface area contributed by atoms with E-state index in [4.69, 9.17) is 9.78 Å². The molecule has 14 heteroatoms. The van der Waals surface area contributed by atoms with Gasteiger partial charge in [-0.1, -0.05) is 12.1 Å². The maximum atomic E-state index is 13.1. The van der Waals surface area contributed by atoms with E-state index in [9.17, 15) is 60.7 Å². The first-order valence-electron chi connectivity index (χ1n) is 10.9. The second-order valence-corrected chi connectivity index (χ2v) is 8.10. The smallest absolute Gasteiger partial charge is 0.235 e. The number of phenolic OH excluding ortho intramolecular Hbond substituents is 10. The van der Waals surface area contributed by atoms with E-state index in [1.165, 1.54) is 6.07 Å². The monoisotopic (exact) mass is 554 g/mol. The van der Waals surface area contributed by atoms with Crippen molar-refractivity contribution >= 4 is 11.6 Å². The van der Waals surface area contributed by atoms with Gasteiger partial charge in [0, 0.05) is 12.1 Å². The van der Waals surface area contributed by atoms with E-state index in [1.807, 2.05) is 0 Å². The van der Waals surface area contributed by atoms with Crippen molar-refractivity contribution in [3.05, 3.63) is 70.8 Å². The summed E-state index contributed by atoms with van der Waals surface area (Å²) in [5.41, 5.74) is -3.42. The Bertz CT molecular complexity index is 1670. The van der Waals surface area contributed by atoms with Crippen molar-refractivity contribution in [2.75, 3.05) is 0 Å². The highest BCUT2D eigenvalue weighted by Gasteiger charge is 2.32. The van der Waals surface area contributed by atoms with Crippen LogP contribution in [0.4, 0.5) is 0 Å². The van der Waals surface area contributed by atoms with Gasteiger partial charge < -0.3 is 51.1 Å². The molecule has 206 valence electrons. The molecule has 0 bridgehead atoms. The van der Waals surface area contributed by atoms with Crippen LogP contribution < -0.4 is 9.78 Å². The average molecular weight is 554 g/mol. The van der Waals surface area contributed by atoms with E-state index in [0.29, 0.717) is 12.1 Å². The lowest BCUT2D eigenvalue weighted by Crippen LogP contribution is -2.10. The number of benzene rings is 4. The molecule has 0 aliphatic carbocycles. The number of aromatic hydroxyl groups is 10. The number of hydrogen-bond donors (Lipinski definition) is 10. The van der Waals surface area contributed by atoms with Crippen LogP contribution in [-0.2, 0) is 0 Å². The molecule has 0 saturated carbocycles. The molecule has 0 amide bonds. The molecule has 0 radical (unpaired) electrons. The maximum Gasteiger partial charge on any atom is 0.235 e. The van der Waals surface area contributed by atoms with Gasteiger partial charge in [-0.25, -0.2) is 0 Å². The Balaban J connectivity index is 1.79. The van der Waals surface area contributed by atoms with Crippen molar-refractivity contribution < 1.29 is 70.4 Å². The van der Waals surface area contributed by atoms with Crippen LogP contribution in [0.5, 0.6) is 69.0 Å². The Labute approximate surface area is 222 Å². The Kier molecular flexibility index (Phi) is 6.68. The minimum atomic E-state index is -1.37. The summed E-state index contributed by atoms with van der Waals surface area (Å²) in [6.45, 7) is 0. The Morgan fingerprint density at radius 3 is 1.68 bits per heavy atom. The van der Waals surface area contributed by atoms with Crippen LogP contribution in [0.25, 0.3) is 0 Å². The average Bonchev–Trinajstić information content (AvgIpc) is 2.89. The third-order valence-corrected chi connectivity index (χ3v) is 5.61. The highest BCUT2D eigenvalue weighted by Crippen LogP contribution is 2.48. The largest absolute Gasteiger partial charge is 0.507 e. The van der Waals surface area contributed by atoms with E-state index in [0.717, 1.165) is 30.3 Å². The van der Waals surface area contributed by atoms with Crippen LogP contribution >= 0.6 is 0 Å². The van der Waals surface area contributed by atoms with Crippen molar-refractivity contribution in [1.82, 2.24) is 0 Å². The maximum absolute atomic E-state index is 13.1. The molecular formula is C26H18O14. The van der Waals surface area contributed by atoms with E-state index in [2.05, 4.69) is 0 Å². The van der Waals surface area contributed by atoms with Crippen LogP contribution in [0, 0.1) is 0 Å². The summed E-state index contributed by atoms with van der Waals surface area (Å²) in [5.74, 6) is -14.3. The van der Waals surface area contributed by atoms with Crippen LogP contribution in [0.1, 0.15) is 31.8 Å². The molecule has 4 aromatic carbocycles. The SMILES string of the molecule is O=C(c1c(O)cccc1O)c1c(O)c(O)cc(OOc2c(O)cc(O)c(O)c2C(=O)c2cccc(O)c2O)c1O. The van der Waals surface area contributed by atoms with Crippen molar-refractivity contribution in [3.63, 3.8) is 0 Å². The predicted octanol–water partition coefficient (Wildman–Crippen LogP) is 2.58. The van der Waals surface area contributed by atoms with Gasteiger partial charge in [0.05, 0.1) is 5.56 Å². The third-order valence-electron chi connectivity index (χ3n) is 5.61. The normalized spacial score (nSPS) is 10.7. The van der Waals surface area contributed by atoms with Gasteiger partial charge in [0.1, 0.15) is 28.2 Å². The van der Waals surface area contributed by atoms with Crippen LogP contribution in [-0.4, -0.2) is 62.6 Å². The predicted molar refractivity (Wildman–Crippen MR) is 131 cm³/mol. The number of phenols is 10. The van der Waals surface area contributed by atoms with E-state index in [-0.39, 0.29) is 0 Å². The van der Waals surface area contributed by atoms with E-state index >= 15 is 0 Å². The van der Waals surface area contributed by atoms with Gasteiger partial charge in [-0.05, 0) is 24.3 Å². The first kappa shape index (κ1) is 26.9. The summed E-state index contributed by atoms with van der Waals surface area (Å²) in [6.07, 6.45) is 0. The fourth-order valence-corrected chi connectivity index (χ4v) is 3.65. The van der Waals surface area contributed by atoms with Crippen LogP contribution in [0.2, 0.25) is 0 Å². The number of ketones is 2. The lowest BCUT2D eigenvalue weighted by Gasteiger charge is -2.16.